The lowest BCUT2D eigenvalue weighted by molar-refractivity contribution is 0.242. The van der Waals surface area contributed by atoms with E-state index >= 15 is 0 Å². The Morgan fingerprint density at radius 1 is 0.966 bits per heavy atom. The average molecular weight is 421 g/mol. The van der Waals surface area contributed by atoms with Crippen LogP contribution in [-0.4, -0.2) is 69.6 Å². The van der Waals surface area contributed by atoms with Crippen LogP contribution in [0.2, 0.25) is 0 Å². The quantitative estimate of drug-likeness (QED) is 0.708. The third kappa shape index (κ3) is 3.97. The molecule has 1 atom stereocenters. The molecule has 2 aliphatic heterocycles. The van der Waals surface area contributed by atoms with Gasteiger partial charge in [-0.3, -0.25) is 0 Å². The van der Waals surface area contributed by atoms with E-state index in [1.54, 1.807) is 19.2 Å². The molecule has 0 radical (unpaired) electrons. The van der Waals surface area contributed by atoms with Crippen molar-refractivity contribution >= 4 is 15.9 Å². The van der Waals surface area contributed by atoms with Crippen LogP contribution < -0.4 is 4.74 Å². The van der Waals surface area contributed by atoms with Crippen LogP contribution in [0.15, 0.2) is 12.1 Å². The molecule has 0 amide bonds. The minimum absolute atomic E-state index is 0.179. The van der Waals surface area contributed by atoms with E-state index in [0.717, 1.165) is 56.4 Å². The molecule has 2 saturated heterocycles. The van der Waals surface area contributed by atoms with E-state index in [9.17, 15) is 8.42 Å². The summed E-state index contributed by atoms with van der Waals surface area (Å²) in [7, 11) is -3.36. The molecule has 0 aromatic carbocycles. The maximum Gasteiger partial charge on any atom is 0.281 e. The summed E-state index contributed by atoms with van der Waals surface area (Å²) in [5.41, 5.74) is 0.731. The number of fused-ring (bicyclic) bond motifs is 1. The molecule has 1 saturated carbocycles. The van der Waals surface area contributed by atoms with Gasteiger partial charge in [-0.25, -0.2) is 0 Å². The average Bonchev–Trinajstić information content (AvgIpc) is 3.39. The van der Waals surface area contributed by atoms with Crippen molar-refractivity contribution < 1.29 is 13.2 Å². The molecule has 0 bridgehead atoms. The summed E-state index contributed by atoms with van der Waals surface area (Å²) in [6.45, 7) is 2.83. The van der Waals surface area contributed by atoms with Crippen molar-refractivity contribution in [3.63, 3.8) is 0 Å². The molecule has 0 spiro atoms. The summed E-state index contributed by atoms with van der Waals surface area (Å²) in [4.78, 5) is 0. The minimum Gasteiger partial charge on any atom is -0.476 e. The third-order valence-corrected chi connectivity index (χ3v) is 8.14. The third-order valence-electron chi connectivity index (χ3n) is 6.14. The van der Waals surface area contributed by atoms with E-state index in [2.05, 4.69) is 15.3 Å². The number of hydrogen-bond acceptors (Lipinski definition) is 6. The highest BCUT2D eigenvalue weighted by atomic mass is 32.2. The molecular formula is C19H28N6O3S. The fraction of sp³-hybridized carbons (Fsp3) is 0.737. The van der Waals surface area contributed by atoms with E-state index in [-0.39, 0.29) is 5.92 Å². The molecule has 9 nitrogen and oxygen atoms in total. The summed E-state index contributed by atoms with van der Waals surface area (Å²) in [5, 5.41) is 12.9. The Balaban J connectivity index is 1.20. The minimum atomic E-state index is -3.36. The van der Waals surface area contributed by atoms with Crippen molar-refractivity contribution in [3.05, 3.63) is 18.0 Å². The Morgan fingerprint density at radius 3 is 2.52 bits per heavy atom. The van der Waals surface area contributed by atoms with E-state index in [4.69, 9.17) is 4.74 Å². The zero-order chi connectivity index (χ0) is 19.8. The molecular weight excluding hydrogens is 392 g/mol. The first-order valence-corrected chi connectivity index (χ1v) is 12.1. The second-order valence-corrected chi connectivity index (χ2v) is 10.3. The monoisotopic (exact) mass is 420 g/mol. The van der Waals surface area contributed by atoms with Gasteiger partial charge in [-0.05, 0) is 38.2 Å². The topological polar surface area (TPSA) is 92.9 Å². The van der Waals surface area contributed by atoms with Crippen LogP contribution in [-0.2, 0) is 10.2 Å². The van der Waals surface area contributed by atoms with Crippen LogP contribution in [0.5, 0.6) is 5.88 Å². The van der Waals surface area contributed by atoms with Crippen LogP contribution in [0.1, 0.15) is 56.7 Å². The Labute approximate surface area is 171 Å². The molecule has 3 aliphatic rings. The van der Waals surface area contributed by atoms with Gasteiger partial charge < -0.3 is 4.74 Å². The molecule has 158 valence electrons. The summed E-state index contributed by atoms with van der Waals surface area (Å²) >= 11 is 0. The van der Waals surface area contributed by atoms with Crippen LogP contribution in [0.25, 0.3) is 5.65 Å². The van der Waals surface area contributed by atoms with E-state index < -0.39 is 10.2 Å². The van der Waals surface area contributed by atoms with Crippen molar-refractivity contribution in [1.29, 1.82) is 0 Å². The van der Waals surface area contributed by atoms with E-state index in [1.165, 1.54) is 0 Å². The Hall–Kier alpha value is -1.78. The largest absolute Gasteiger partial charge is 0.476 e. The van der Waals surface area contributed by atoms with Gasteiger partial charge in [0.25, 0.3) is 10.2 Å². The van der Waals surface area contributed by atoms with Gasteiger partial charge in [0.15, 0.2) is 11.5 Å². The molecule has 1 unspecified atom stereocenters. The Kier molecular flexibility index (Phi) is 5.17. The molecule has 5 rings (SSSR count). The molecule has 0 N–H and O–H groups in total. The first-order valence-electron chi connectivity index (χ1n) is 10.7. The predicted molar refractivity (Wildman–Crippen MR) is 107 cm³/mol. The highest BCUT2D eigenvalue weighted by Crippen LogP contribution is 2.38. The molecule has 29 heavy (non-hydrogen) atoms. The van der Waals surface area contributed by atoms with Gasteiger partial charge in [0.05, 0.1) is 6.61 Å². The van der Waals surface area contributed by atoms with E-state index in [0.29, 0.717) is 44.6 Å². The lowest BCUT2D eigenvalue weighted by Crippen LogP contribution is -2.43. The second-order valence-electron chi connectivity index (χ2n) is 8.42. The summed E-state index contributed by atoms with van der Waals surface area (Å²) in [5.74, 6) is 2.08. The highest BCUT2D eigenvalue weighted by Gasteiger charge is 2.36. The zero-order valence-corrected chi connectivity index (χ0v) is 17.4. The van der Waals surface area contributed by atoms with Crippen molar-refractivity contribution in [2.75, 3.05) is 32.8 Å². The lowest BCUT2D eigenvalue weighted by Gasteiger charge is -2.26. The van der Waals surface area contributed by atoms with Crippen LogP contribution in [0.4, 0.5) is 0 Å². The van der Waals surface area contributed by atoms with E-state index in [1.807, 2.05) is 6.07 Å². The highest BCUT2D eigenvalue weighted by molar-refractivity contribution is 7.86. The molecule has 3 fully saturated rings. The van der Waals surface area contributed by atoms with Crippen LogP contribution in [0, 0.1) is 5.92 Å². The Bertz CT molecular complexity index is 965. The standard InChI is InChI=1S/C19H28N6O3S/c26-29(27,23-10-3-1-2-4-11-23)24-12-9-15(13-24)14-28-18-8-7-17-20-21-19(16-5-6-16)25(17)22-18/h7-8,15-16H,1-6,9-14H2. The number of rotatable bonds is 6. The number of hydrogen-bond donors (Lipinski definition) is 0. The molecule has 2 aromatic heterocycles. The fourth-order valence-corrected chi connectivity index (χ4v) is 6.02. The first kappa shape index (κ1) is 19.2. The van der Waals surface area contributed by atoms with Gasteiger partial charge in [-0.15, -0.1) is 15.3 Å². The smallest absolute Gasteiger partial charge is 0.281 e. The van der Waals surface area contributed by atoms with Gasteiger partial charge >= 0.3 is 0 Å². The summed E-state index contributed by atoms with van der Waals surface area (Å²) in [6.07, 6.45) is 7.24. The van der Waals surface area contributed by atoms with Gasteiger partial charge in [0, 0.05) is 44.1 Å². The second kappa shape index (κ2) is 7.81. The van der Waals surface area contributed by atoms with Gasteiger partial charge in [0.1, 0.15) is 0 Å². The van der Waals surface area contributed by atoms with Gasteiger partial charge in [0.2, 0.25) is 5.88 Å². The number of nitrogens with zero attached hydrogens (tertiary/aromatic N) is 6. The normalized spacial score (nSPS) is 24.8. The number of aromatic nitrogens is 4. The van der Waals surface area contributed by atoms with Crippen molar-refractivity contribution in [2.45, 2.75) is 50.9 Å². The lowest BCUT2D eigenvalue weighted by atomic mass is 10.1. The molecule has 10 heteroatoms. The van der Waals surface area contributed by atoms with Crippen LogP contribution in [0.3, 0.4) is 0 Å². The van der Waals surface area contributed by atoms with Crippen LogP contribution >= 0.6 is 0 Å². The molecule has 4 heterocycles. The number of ether oxygens (including phenoxy) is 1. The van der Waals surface area contributed by atoms with Gasteiger partial charge in [-0.1, -0.05) is 12.8 Å². The van der Waals surface area contributed by atoms with Gasteiger partial charge in [-0.2, -0.15) is 21.5 Å². The Morgan fingerprint density at radius 2 is 1.76 bits per heavy atom. The maximum absolute atomic E-state index is 13.0. The zero-order valence-electron chi connectivity index (χ0n) is 16.6. The molecule has 1 aliphatic carbocycles. The predicted octanol–water partition coefficient (Wildman–Crippen LogP) is 1.82. The van der Waals surface area contributed by atoms with Crippen molar-refractivity contribution in [3.8, 4) is 5.88 Å². The SMILES string of the molecule is O=S(=O)(N1CCCCCC1)N1CCC(COc2ccc3nnc(C4CC4)n3n2)C1. The van der Waals surface area contributed by atoms with Crippen molar-refractivity contribution in [2.24, 2.45) is 5.92 Å². The summed E-state index contributed by atoms with van der Waals surface area (Å²) in [6, 6.07) is 3.67. The fourth-order valence-electron chi connectivity index (χ4n) is 4.24. The van der Waals surface area contributed by atoms with Crippen molar-refractivity contribution in [1.82, 2.24) is 28.4 Å². The summed E-state index contributed by atoms with van der Waals surface area (Å²) < 4.78 is 36.9. The first-order chi connectivity index (χ1) is 14.1. The molecule has 2 aromatic rings. The maximum atomic E-state index is 13.0.